The third-order valence-electron chi connectivity index (χ3n) is 13.3. The molecule has 3 fully saturated rings. The lowest BCUT2D eigenvalue weighted by molar-refractivity contribution is -0.139. The van der Waals surface area contributed by atoms with Crippen LogP contribution in [-0.4, -0.2) is 182 Å². The second-order valence-electron chi connectivity index (χ2n) is 18.1. The molecule has 0 saturated carbocycles. The van der Waals surface area contributed by atoms with Crippen LogP contribution < -0.4 is 20.7 Å². The largest absolute Gasteiger partial charge is 0.491 e. The van der Waals surface area contributed by atoms with Gasteiger partial charge in [-0.25, -0.2) is 14.4 Å². The number of carbonyl (C=O) groups is 5. The van der Waals surface area contributed by atoms with E-state index in [0.29, 0.717) is 130 Å². The lowest BCUT2D eigenvalue weighted by Crippen LogP contribution is -2.54. The Kier molecular flexibility index (Phi) is 20.0. The molecule has 1 aromatic heterocycles. The van der Waals surface area contributed by atoms with E-state index in [-0.39, 0.29) is 35.8 Å². The van der Waals surface area contributed by atoms with Crippen molar-refractivity contribution in [2.75, 3.05) is 122 Å². The SMILES string of the molecule is C=CC(=O)Nc1cc2c(Nc3ccc(F)c(Cl)c3)ncnc2cc1OCCCN1CCC(N2CCN(C(=O)COCCOCCOCCOCCSc3cccc4c3CN(C3CCC(=O)NC3=O)C4=O)CC2)CC1. The molecule has 4 aromatic rings. The van der Waals surface area contributed by atoms with Gasteiger partial charge in [0.15, 0.2) is 0 Å². The van der Waals surface area contributed by atoms with Crippen LogP contribution in [0.5, 0.6) is 5.75 Å². The van der Waals surface area contributed by atoms with Gasteiger partial charge in [-0.15, -0.1) is 11.8 Å². The molecule has 0 radical (unpaired) electrons. The summed E-state index contributed by atoms with van der Waals surface area (Å²) in [7, 11) is 0. The minimum Gasteiger partial charge on any atom is -0.491 e. The number of thioether (sulfide) groups is 1. The van der Waals surface area contributed by atoms with Crippen LogP contribution >= 0.6 is 23.4 Å². The summed E-state index contributed by atoms with van der Waals surface area (Å²) in [5.74, 6) is -0.232. The van der Waals surface area contributed by atoms with Crippen LogP contribution in [0.2, 0.25) is 5.02 Å². The highest BCUT2D eigenvalue weighted by Gasteiger charge is 2.40. The number of hydrogen-bond acceptors (Lipinski definition) is 16. The molecule has 0 aliphatic carbocycles. The molecule has 396 valence electrons. The van der Waals surface area contributed by atoms with Gasteiger partial charge in [0.25, 0.3) is 5.91 Å². The summed E-state index contributed by atoms with van der Waals surface area (Å²) < 4.78 is 42.6. The average Bonchev–Trinajstić information content (AvgIpc) is 3.75. The number of nitrogens with one attached hydrogen (secondary N) is 3. The molecule has 4 aliphatic heterocycles. The number of amides is 5. The number of ether oxygens (including phenoxy) is 5. The molecule has 1 atom stereocenters. The Morgan fingerprint density at radius 2 is 1.62 bits per heavy atom. The Bertz CT molecular complexity index is 2640. The zero-order valence-corrected chi connectivity index (χ0v) is 42.9. The Morgan fingerprint density at radius 3 is 2.35 bits per heavy atom. The minimum absolute atomic E-state index is 0.0100. The number of fused-ring (bicyclic) bond motifs is 2. The molecule has 19 nitrogen and oxygen atoms in total. The molecule has 3 N–H and O–H groups in total. The predicted octanol–water partition coefficient (Wildman–Crippen LogP) is 5.29. The quantitative estimate of drug-likeness (QED) is 0.0316. The molecular weight excluding hydrogens is 997 g/mol. The number of benzene rings is 3. The number of piperidine rings is 2. The Balaban J connectivity index is 0.631. The maximum absolute atomic E-state index is 13.8. The van der Waals surface area contributed by atoms with Crippen LogP contribution in [0, 0.1) is 5.82 Å². The highest BCUT2D eigenvalue weighted by molar-refractivity contribution is 7.99. The molecule has 1 unspecified atom stereocenters. The zero-order valence-electron chi connectivity index (χ0n) is 41.3. The van der Waals surface area contributed by atoms with E-state index in [0.717, 1.165) is 62.4 Å². The minimum atomic E-state index is -0.639. The normalized spacial score (nSPS) is 17.6. The van der Waals surface area contributed by atoms with Gasteiger partial charge < -0.3 is 49.0 Å². The van der Waals surface area contributed by atoms with E-state index < -0.39 is 23.7 Å². The number of aromatic nitrogens is 2. The Labute approximate surface area is 438 Å². The molecule has 0 spiro atoms. The first-order chi connectivity index (χ1) is 36.0. The Morgan fingerprint density at radius 1 is 0.878 bits per heavy atom. The number of likely N-dealkylation sites (tertiary alicyclic amines) is 1. The van der Waals surface area contributed by atoms with Gasteiger partial charge in [0.2, 0.25) is 23.6 Å². The first kappa shape index (κ1) is 54.5. The second-order valence-corrected chi connectivity index (χ2v) is 19.7. The van der Waals surface area contributed by atoms with Gasteiger partial charge in [-0.3, -0.25) is 34.2 Å². The van der Waals surface area contributed by atoms with Gasteiger partial charge in [-0.1, -0.05) is 24.2 Å². The van der Waals surface area contributed by atoms with Crippen molar-refractivity contribution in [3.63, 3.8) is 0 Å². The van der Waals surface area contributed by atoms with Crippen LogP contribution in [0.1, 0.15) is 48.0 Å². The highest BCUT2D eigenvalue weighted by Crippen LogP contribution is 2.36. The number of piperazine rings is 1. The zero-order chi connectivity index (χ0) is 51.8. The summed E-state index contributed by atoms with van der Waals surface area (Å²) in [6, 6.07) is 13.2. The van der Waals surface area contributed by atoms with E-state index in [1.54, 1.807) is 40.9 Å². The number of anilines is 3. The monoisotopic (exact) mass is 1060 g/mol. The number of imide groups is 1. The van der Waals surface area contributed by atoms with Crippen molar-refractivity contribution in [1.82, 2.24) is 34.9 Å². The van der Waals surface area contributed by atoms with Crippen molar-refractivity contribution in [3.8, 4) is 5.75 Å². The van der Waals surface area contributed by atoms with Crippen molar-refractivity contribution in [2.24, 2.45) is 0 Å². The van der Waals surface area contributed by atoms with E-state index in [1.165, 1.54) is 24.5 Å². The van der Waals surface area contributed by atoms with Crippen LogP contribution in [0.25, 0.3) is 10.9 Å². The summed E-state index contributed by atoms with van der Waals surface area (Å²) in [5, 5.41) is 8.92. The van der Waals surface area contributed by atoms with Crippen molar-refractivity contribution in [1.29, 1.82) is 0 Å². The van der Waals surface area contributed by atoms with Gasteiger partial charge in [-0.2, -0.15) is 0 Å². The topological polar surface area (TPSA) is 206 Å². The number of halogens is 2. The van der Waals surface area contributed by atoms with Gasteiger partial charge in [0.05, 0.1) is 69.1 Å². The number of hydrogen-bond donors (Lipinski definition) is 3. The summed E-state index contributed by atoms with van der Waals surface area (Å²) in [4.78, 5) is 80.5. The molecule has 0 bridgehead atoms. The van der Waals surface area contributed by atoms with E-state index in [2.05, 4.69) is 42.3 Å². The van der Waals surface area contributed by atoms with Gasteiger partial charge in [-0.05, 0) is 86.8 Å². The van der Waals surface area contributed by atoms with Gasteiger partial charge in [0, 0.05) is 85.1 Å². The van der Waals surface area contributed by atoms with Gasteiger partial charge in [0.1, 0.15) is 36.4 Å². The number of nitrogens with zero attached hydrogens (tertiary/aromatic N) is 6. The maximum Gasteiger partial charge on any atom is 0.255 e. The third kappa shape index (κ3) is 14.7. The molecule has 22 heteroatoms. The lowest BCUT2D eigenvalue weighted by atomic mass is 10.0. The number of carbonyl (C=O) groups excluding carboxylic acids is 5. The van der Waals surface area contributed by atoms with E-state index >= 15 is 0 Å². The fraction of sp³-hybridized carbons (Fsp3) is 0.481. The summed E-state index contributed by atoms with van der Waals surface area (Å²) in [6.45, 7) is 13.1. The summed E-state index contributed by atoms with van der Waals surface area (Å²) in [5.41, 5.74) is 3.07. The molecule has 8 rings (SSSR count). The third-order valence-corrected chi connectivity index (χ3v) is 14.7. The number of rotatable bonds is 26. The van der Waals surface area contributed by atoms with Crippen molar-refractivity contribution in [3.05, 3.63) is 89.5 Å². The van der Waals surface area contributed by atoms with Crippen molar-refractivity contribution < 1.29 is 52.0 Å². The smallest absolute Gasteiger partial charge is 0.255 e. The molecule has 74 heavy (non-hydrogen) atoms. The van der Waals surface area contributed by atoms with E-state index in [9.17, 15) is 28.4 Å². The van der Waals surface area contributed by atoms with Crippen molar-refractivity contribution in [2.45, 2.75) is 55.6 Å². The van der Waals surface area contributed by atoms with Crippen molar-refractivity contribution >= 4 is 81.0 Å². The van der Waals surface area contributed by atoms with E-state index in [4.69, 9.17) is 35.3 Å². The molecule has 3 saturated heterocycles. The van der Waals surface area contributed by atoms with Crippen LogP contribution in [0.3, 0.4) is 0 Å². The molecule has 5 amide bonds. The fourth-order valence-corrected chi connectivity index (χ4v) is 10.5. The first-order valence-electron chi connectivity index (χ1n) is 25.1. The lowest BCUT2D eigenvalue weighted by Gasteiger charge is -2.42. The average molecular weight is 1060 g/mol. The summed E-state index contributed by atoms with van der Waals surface area (Å²) in [6.07, 6.45) is 6.05. The van der Waals surface area contributed by atoms with Crippen LogP contribution in [-0.2, 0) is 44.7 Å². The van der Waals surface area contributed by atoms with E-state index in [1.807, 2.05) is 17.0 Å². The van der Waals surface area contributed by atoms with Crippen LogP contribution in [0.15, 0.2) is 72.4 Å². The molecule has 4 aliphatic rings. The molecular formula is C52H63ClFN9O10S. The highest BCUT2D eigenvalue weighted by atomic mass is 35.5. The Hall–Kier alpha value is -5.78. The predicted molar refractivity (Wildman–Crippen MR) is 277 cm³/mol. The van der Waals surface area contributed by atoms with Crippen LogP contribution in [0.4, 0.5) is 21.6 Å². The maximum atomic E-state index is 13.8. The summed E-state index contributed by atoms with van der Waals surface area (Å²) >= 11 is 7.59. The first-order valence-corrected chi connectivity index (χ1v) is 26.4. The molecule has 5 heterocycles. The van der Waals surface area contributed by atoms with Gasteiger partial charge >= 0.3 is 0 Å². The standard InChI is InChI=1S/C52H63ClFN9O10S/c1-2-47(64)58-43-30-38-42(55-34-56-50(38)57-35-7-8-41(54)40(53)29-35)31-45(43)73-20-4-13-60-14-11-36(12-15-60)61-16-18-62(19-17-61)49(66)33-72-26-25-70-22-21-69-23-24-71-27-28-74-46-6-3-5-37-39(46)32-63(52(37)68)44-9-10-48(65)59-51(44)67/h2-3,5-8,29-31,34,36,44H,1,4,9-28,32-33H2,(H,58,64)(H,55,56,57)(H,59,65,67). The molecule has 3 aromatic carbocycles. The second kappa shape index (κ2) is 27.1. The fourth-order valence-electron chi connectivity index (χ4n) is 9.42.